The molecule has 13 nitrogen and oxygen atoms in total. The molecule has 0 aliphatic carbocycles. The van der Waals surface area contributed by atoms with Gasteiger partial charge in [0.15, 0.2) is 0 Å². The molecule has 0 heterocycles. The van der Waals surface area contributed by atoms with Crippen LogP contribution in [-0.4, -0.2) is 82.5 Å². The molecule has 0 bridgehead atoms. The van der Waals surface area contributed by atoms with Crippen LogP contribution in [0.25, 0.3) is 0 Å². The average Bonchev–Trinajstić information content (AvgIpc) is 2.69. The van der Waals surface area contributed by atoms with Crippen molar-refractivity contribution in [2.24, 2.45) is 11.5 Å². The zero-order valence-electron chi connectivity index (χ0n) is 17.1. The second-order valence-corrected chi connectivity index (χ2v) is 7.55. The second kappa shape index (κ2) is 15.0. The summed E-state index contributed by atoms with van der Waals surface area (Å²) in [6.07, 6.45) is 1.07. The normalized spacial score (nSPS) is 13.4. The van der Waals surface area contributed by atoms with Crippen LogP contribution < -0.4 is 27.4 Å². The molecule has 9 N–H and O–H groups in total. The molecule has 0 saturated heterocycles. The molecule has 0 aliphatic rings. The molecule has 0 aromatic rings. The van der Waals surface area contributed by atoms with Crippen LogP contribution in [0, 0.1) is 0 Å². The number of rotatable bonds is 16. The minimum absolute atomic E-state index is 0.125. The van der Waals surface area contributed by atoms with Crippen molar-refractivity contribution >= 4 is 47.3 Å². The third-order valence-electron chi connectivity index (χ3n) is 3.99. The van der Waals surface area contributed by atoms with E-state index in [2.05, 4.69) is 16.0 Å². The molecular weight excluding hydrogens is 434 g/mol. The second-order valence-electron chi connectivity index (χ2n) is 6.56. The molecule has 3 atom stereocenters. The van der Waals surface area contributed by atoms with Crippen molar-refractivity contribution in [3.63, 3.8) is 0 Å². The van der Waals surface area contributed by atoms with E-state index < -0.39 is 66.7 Å². The van der Waals surface area contributed by atoms with Gasteiger partial charge in [-0.2, -0.15) is 11.8 Å². The number of hydrogen-bond donors (Lipinski definition) is 7. The first-order valence-electron chi connectivity index (χ1n) is 9.32. The number of carboxylic acid groups (broad SMARTS) is 2. The van der Waals surface area contributed by atoms with Crippen molar-refractivity contribution in [3.8, 4) is 0 Å². The lowest BCUT2D eigenvalue weighted by Gasteiger charge is -2.20. The van der Waals surface area contributed by atoms with Crippen molar-refractivity contribution in [1.29, 1.82) is 0 Å². The third kappa shape index (κ3) is 13.1. The fourth-order valence-electron chi connectivity index (χ4n) is 2.27. The van der Waals surface area contributed by atoms with Crippen LogP contribution in [-0.2, 0) is 28.8 Å². The quantitative estimate of drug-likeness (QED) is 0.126. The highest BCUT2D eigenvalue weighted by Crippen LogP contribution is 2.02. The van der Waals surface area contributed by atoms with Gasteiger partial charge in [0.1, 0.15) is 12.1 Å². The molecule has 0 radical (unpaired) electrons. The Labute approximate surface area is 183 Å². The number of nitrogens with two attached hydrogens (primary N) is 2. The number of nitrogens with one attached hydrogen (secondary N) is 3. The molecule has 0 aromatic carbocycles. The maximum atomic E-state index is 12.4. The molecule has 176 valence electrons. The summed E-state index contributed by atoms with van der Waals surface area (Å²) in [6.45, 7) is -0.628. The monoisotopic (exact) mass is 463 g/mol. The zero-order chi connectivity index (χ0) is 24.0. The van der Waals surface area contributed by atoms with Crippen LogP contribution in [0.4, 0.5) is 0 Å². The molecule has 14 heteroatoms. The van der Waals surface area contributed by atoms with Crippen LogP contribution in [0.1, 0.15) is 32.1 Å². The van der Waals surface area contributed by atoms with Gasteiger partial charge in [0.2, 0.25) is 23.6 Å². The Hall–Kier alpha value is -2.87. The first-order valence-corrected chi connectivity index (χ1v) is 10.7. The minimum Gasteiger partial charge on any atom is -0.481 e. The van der Waals surface area contributed by atoms with E-state index in [9.17, 15) is 28.8 Å². The number of carboxylic acids is 2. The summed E-state index contributed by atoms with van der Waals surface area (Å²) < 4.78 is 0. The summed E-state index contributed by atoms with van der Waals surface area (Å²) in [5.41, 5.74) is 10.8. The smallest absolute Gasteiger partial charge is 0.326 e. The maximum absolute atomic E-state index is 12.4. The Morgan fingerprint density at radius 3 is 2.03 bits per heavy atom. The topological polar surface area (TPSA) is 231 Å². The molecule has 0 saturated carbocycles. The van der Waals surface area contributed by atoms with E-state index in [1.807, 2.05) is 6.26 Å². The van der Waals surface area contributed by atoms with Crippen molar-refractivity contribution < 1.29 is 39.0 Å². The molecule has 31 heavy (non-hydrogen) atoms. The lowest BCUT2D eigenvalue weighted by molar-refractivity contribution is -0.143. The summed E-state index contributed by atoms with van der Waals surface area (Å²) in [6, 6.07) is -3.50. The van der Waals surface area contributed by atoms with Gasteiger partial charge in [-0.15, -0.1) is 0 Å². The Morgan fingerprint density at radius 2 is 1.52 bits per heavy atom. The predicted octanol–water partition coefficient (Wildman–Crippen LogP) is -2.63. The van der Waals surface area contributed by atoms with Crippen LogP contribution in [0.15, 0.2) is 0 Å². The van der Waals surface area contributed by atoms with Gasteiger partial charge in [-0.05, 0) is 31.3 Å². The number of amides is 4. The molecule has 4 amide bonds. The number of carbonyl (C=O) groups excluding carboxylic acids is 4. The Balaban J connectivity index is 4.86. The first-order chi connectivity index (χ1) is 14.5. The lowest BCUT2D eigenvalue weighted by atomic mass is 10.1. The van der Waals surface area contributed by atoms with Crippen molar-refractivity contribution in [1.82, 2.24) is 16.0 Å². The first kappa shape index (κ1) is 28.1. The highest BCUT2D eigenvalue weighted by Gasteiger charge is 2.25. The highest BCUT2D eigenvalue weighted by atomic mass is 32.2. The van der Waals surface area contributed by atoms with E-state index in [4.69, 9.17) is 21.7 Å². The highest BCUT2D eigenvalue weighted by molar-refractivity contribution is 7.98. The Kier molecular flexibility index (Phi) is 13.6. The minimum atomic E-state index is -1.44. The standard InChI is InChI=1S/C17H29N5O8S/c1-31-7-6-9(18)15(27)22-10(2-4-12(19)23)16(28)20-8-13(24)21-11(17(29)30)3-5-14(25)26/h9-11H,2-8,18H2,1H3,(H2,19,23)(H,20,28)(H,21,24)(H,22,27)(H,25,26)(H,29,30). The zero-order valence-corrected chi connectivity index (χ0v) is 17.9. The number of hydrogen-bond acceptors (Lipinski definition) is 8. The molecule has 0 fully saturated rings. The Morgan fingerprint density at radius 1 is 0.903 bits per heavy atom. The van der Waals surface area contributed by atoms with E-state index in [1.54, 1.807) is 0 Å². The van der Waals surface area contributed by atoms with Crippen LogP contribution in [0.3, 0.4) is 0 Å². The van der Waals surface area contributed by atoms with Gasteiger partial charge >= 0.3 is 11.9 Å². The molecule has 0 spiro atoms. The van der Waals surface area contributed by atoms with Gasteiger partial charge in [-0.1, -0.05) is 0 Å². The van der Waals surface area contributed by atoms with Gasteiger partial charge < -0.3 is 37.6 Å². The van der Waals surface area contributed by atoms with Crippen LogP contribution in [0.2, 0.25) is 0 Å². The van der Waals surface area contributed by atoms with Gasteiger partial charge in [-0.25, -0.2) is 4.79 Å². The van der Waals surface area contributed by atoms with Gasteiger partial charge in [-0.3, -0.25) is 24.0 Å². The third-order valence-corrected chi connectivity index (χ3v) is 4.63. The van der Waals surface area contributed by atoms with Crippen LogP contribution >= 0.6 is 11.8 Å². The van der Waals surface area contributed by atoms with Crippen molar-refractivity contribution in [3.05, 3.63) is 0 Å². The number of thioether (sulfide) groups is 1. The summed E-state index contributed by atoms with van der Waals surface area (Å²) >= 11 is 1.49. The fourth-order valence-corrected chi connectivity index (χ4v) is 2.76. The SMILES string of the molecule is CSCCC(N)C(=O)NC(CCC(N)=O)C(=O)NCC(=O)NC(CCC(=O)O)C(=O)O. The molecular formula is C17H29N5O8S. The summed E-state index contributed by atoms with van der Waals surface area (Å²) in [5, 5.41) is 24.4. The van der Waals surface area contributed by atoms with Crippen LogP contribution in [0.5, 0.6) is 0 Å². The number of carbonyl (C=O) groups is 6. The molecule has 0 aliphatic heterocycles. The van der Waals surface area contributed by atoms with E-state index in [1.165, 1.54) is 11.8 Å². The predicted molar refractivity (Wildman–Crippen MR) is 111 cm³/mol. The lowest BCUT2D eigenvalue weighted by Crippen LogP contribution is -2.53. The van der Waals surface area contributed by atoms with Crippen molar-refractivity contribution in [2.45, 2.75) is 50.2 Å². The summed E-state index contributed by atoms with van der Waals surface area (Å²) in [4.78, 5) is 69.2. The number of primary amides is 1. The van der Waals surface area contributed by atoms with E-state index in [0.29, 0.717) is 12.2 Å². The van der Waals surface area contributed by atoms with Crippen molar-refractivity contribution in [2.75, 3.05) is 18.6 Å². The van der Waals surface area contributed by atoms with E-state index in [-0.39, 0.29) is 19.3 Å². The largest absolute Gasteiger partial charge is 0.481 e. The summed E-state index contributed by atoms with van der Waals surface area (Å²) in [7, 11) is 0. The molecule has 3 unspecified atom stereocenters. The fraction of sp³-hybridized carbons (Fsp3) is 0.647. The molecule has 0 rings (SSSR count). The van der Waals surface area contributed by atoms with Gasteiger partial charge in [0.05, 0.1) is 12.6 Å². The van der Waals surface area contributed by atoms with E-state index in [0.717, 1.165) is 0 Å². The average molecular weight is 464 g/mol. The summed E-state index contributed by atoms with van der Waals surface area (Å²) in [5.74, 6) is -4.99. The van der Waals surface area contributed by atoms with Gasteiger partial charge in [0, 0.05) is 12.8 Å². The Bertz CT molecular complexity index is 675. The number of aliphatic carboxylic acids is 2. The van der Waals surface area contributed by atoms with Gasteiger partial charge in [0.25, 0.3) is 0 Å². The molecule has 0 aromatic heterocycles. The maximum Gasteiger partial charge on any atom is 0.326 e. The van der Waals surface area contributed by atoms with E-state index >= 15 is 0 Å².